The zero-order valence-corrected chi connectivity index (χ0v) is 19.3. The lowest BCUT2D eigenvalue weighted by Gasteiger charge is -2.43. The number of fused-ring (bicyclic) bond motifs is 3. The van der Waals surface area contributed by atoms with Crippen LogP contribution in [0.2, 0.25) is 0 Å². The minimum absolute atomic E-state index is 0.194. The van der Waals surface area contributed by atoms with Gasteiger partial charge in [-0.2, -0.15) is 0 Å². The molecule has 3 saturated heterocycles. The van der Waals surface area contributed by atoms with Gasteiger partial charge in [-0.05, 0) is 57.4 Å². The number of hydrogen-bond donors (Lipinski definition) is 1. The number of benzene rings is 1. The maximum atomic E-state index is 6.48. The number of nitrogens with zero attached hydrogens (tertiary/aromatic N) is 3. The van der Waals surface area contributed by atoms with Crippen LogP contribution in [0.15, 0.2) is 30.3 Å². The Balaban J connectivity index is 1.20. The Morgan fingerprint density at radius 1 is 1.06 bits per heavy atom. The lowest BCUT2D eigenvalue weighted by molar-refractivity contribution is -0.0844. The number of hydrogen-bond acceptors (Lipinski definition) is 4. The third-order valence-electron chi connectivity index (χ3n) is 8.36. The van der Waals surface area contributed by atoms with Gasteiger partial charge in [-0.25, -0.2) is 4.98 Å². The highest BCUT2D eigenvalue weighted by atomic mass is 16.5. The van der Waals surface area contributed by atoms with Gasteiger partial charge in [0.2, 0.25) is 0 Å². The van der Waals surface area contributed by atoms with Crippen molar-refractivity contribution in [3.8, 4) is 0 Å². The average molecular weight is 433 g/mol. The number of nitrogens with one attached hydrogen (secondary N) is 1. The van der Waals surface area contributed by atoms with Gasteiger partial charge in [0.25, 0.3) is 0 Å². The quantitative estimate of drug-likeness (QED) is 0.789. The van der Waals surface area contributed by atoms with Crippen LogP contribution >= 0.6 is 0 Å². The van der Waals surface area contributed by atoms with Crippen LogP contribution in [0.5, 0.6) is 0 Å². The largest absolute Gasteiger partial charge is 0.368 e. The first-order valence-electron chi connectivity index (χ1n) is 12.6. The van der Waals surface area contributed by atoms with Crippen LogP contribution < -0.4 is 16.0 Å². The molecule has 1 aliphatic carbocycles. The molecule has 4 heterocycles. The first-order chi connectivity index (χ1) is 15.7. The van der Waals surface area contributed by atoms with Crippen LogP contribution in [0, 0.1) is 6.92 Å². The van der Waals surface area contributed by atoms with Crippen LogP contribution in [-0.2, 0) is 10.3 Å². The summed E-state index contributed by atoms with van der Waals surface area (Å²) in [5.41, 5.74) is 1.13. The Bertz CT molecular complexity index is 1060. The third-order valence-corrected chi connectivity index (χ3v) is 8.36. The van der Waals surface area contributed by atoms with E-state index in [0.29, 0.717) is 18.1 Å². The molecule has 6 rings (SSSR count). The Labute approximate surface area is 191 Å². The molecule has 1 N–H and O–H groups in total. The summed E-state index contributed by atoms with van der Waals surface area (Å²) in [6.45, 7) is 5.98. The molecule has 5 nitrogen and oxygen atoms in total. The third kappa shape index (κ3) is 3.55. The number of piperidine rings is 1. The number of aryl methyl sites for hydroxylation is 1. The number of aromatic nitrogens is 2. The van der Waals surface area contributed by atoms with Gasteiger partial charge >= 0.3 is 0 Å². The normalized spacial score (nSPS) is 32.2. The van der Waals surface area contributed by atoms with Crippen molar-refractivity contribution in [2.75, 3.05) is 26.2 Å². The van der Waals surface area contributed by atoms with Crippen molar-refractivity contribution in [1.82, 2.24) is 19.8 Å². The van der Waals surface area contributed by atoms with E-state index in [1.54, 1.807) is 0 Å². The summed E-state index contributed by atoms with van der Waals surface area (Å²) in [4.78, 5) is 7.72. The fourth-order valence-electron chi connectivity index (χ4n) is 6.86. The lowest BCUT2D eigenvalue weighted by Crippen LogP contribution is -2.51. The molecular weight excluding hydrogens is 396 g/mol. The lowest BCUT2D eigenvalue weighted by atomic mass is 9.87. The maximum absolute atomic E-state index is 6.48. The topological polar surface area (TPSA) is 42.3 Å². The van der Waals surface area contributed by atoms with Gasteiger partial charge in [0.1, 0.15) is 11.4 Å². The van der Waals surface area contributed by atoms with E-state index in [2.05, 4.69) is 64.2 Å². The van der Waals surface area contributed by atoms with E-state index in [1.807, 2.05) is 0 Å². The Kier molecular flexibility index (Phi) is 5.44. The van der Waals surface area contributed by atoms with Gasteiger partial charge in [0.15, 0.2) is 0 Å². The second-order valence-electron chi connectivity index (χ2n) is 10.2. The highest BCUT2D eigenvalue weighted by molar-refractivity contribution is 5.34. The fourth-order valence-corrected chi connectivity index (χ4v) is 6.86. The zero-order valence-electron chi connectivity index (χ0n) is 19.3. The second-order valence-corrected chi connectivity index (χ2v) is 10.2. The fraction of sp³-hybridized carbons (Fsp3) is 0.593. The zero-order chi connectivity index (χ0) is 21.5. The average Bonchev–Trinajstić information content (AvgIpc) is 3.30. The molecule has 2 bridgehead atoms. The Morgan fingerprint density at radius 3 is 2.59 bits per heavy atom. The van der Waals surface area contributed by atoms with Crippen molar-refractivity contribution in [2.24, 2.45) is 0 Å². The molecule has 1 aromatic heterocycles. The molecule has 0 radical (unpaired) electrons. The van der Waals surface area contributed by atoms with Crippen molar-refractivity contribution < 1.29 is 4.74 Å². The summed E-state index contributed by atoms with van der Waals surface area (Å²) in [6, 6.07) is 12.8. The van der Waals surface area contributed by atoms with Gasteiger partial charge < -0.3 is 14.6 Å². The van der Waals surface area contributed by atoms with Gasteiger partial charge in [0.05, 0.1) is 17.3 Å². The molecule has 170 valence electrons. The highest BCUT2D eigenvalue weighted by Gasteiger charge is 2.43. The van der Waals surface area contributed by atoms with Crippen LogP contribution in [-0.4, -0.2) is 52.8 Å². The summed E-state index contributed by atoms with van der Waals surface area (Å²) >= 11 is 0. The van der Waals surface area contributed by atoms with Crippen LogP contribution in [0.4, 0.5) is 0 Å². The SMILES string of the molecule is Cc1nc2c(n1C1C[C@H]3CC[C@@H](C1)N3CCC1(c3ccccc3)CNCCO1)=CCCC=2. The van der Waals surface area contributed by atoms with E-state index < -0.39 is 0 Å². The van der Waals surface area contributed by atoms with Gasteiger partial charge in [-0.1, -0.05) is 42.5 Å². The van der Waals surface area contributed by atoms with Crippen molar-refractivity contribution in [3.63, 3.8) is 0 Å². The first kappa shape index (κ1) is 20.6. The van der Waals surface area contributed by atoms with E-state index >= 15 is 0 Å². The Hall–Kier alpha value is -1.95. The van der Waals surface area contributed by atoms with Crippen molar-refractivity contribution in [2.45, 2.75) is 75.6 Å². The minimum Gasteiger partial charge on any atom is -0.368 e. The van der Waals surface area contributed by atoms with E-state index in [0.717, 1.165) is 45.5 Å². The number of imidazole rings is 1. The van der Waals surface area contributed by atoms with Crippen LogP contribution in [0.1, 0.15) is 62.4 Å². The van der Waals surface area contributed by atoms with E-state index in [4.69, 9.17) is 9.72 Å². The molecule has 1 aromatic carbocycles. The summed E-state index contributed by atoms with van der Waals surface area (Å²) < 4.78 is 9.06. The van der Waals surface area contributed by atoms with Crippen molar-refractivity contribution in [1.29, 1.82) is 0 Å². The summed E-state index contributed by atoms with van der Waals surface area (Å²) in [5, 5.41) is 6.20. The second kappa shape index (κ2) is 8.44. The van der Waals surface area contributed by atoms with E-state index in [1.165, 1.54) is 47.8 Å². The highest BCUT2D eigenvalue weighted by Crippen LogP contribution is 2.42. The van der Waals surface area contributed by atoms with Crippen molar-refractivity contribution >= 4 is 12.2 Å². The number of morpholine rings is 1. The maximum Gasteiger partial charge on any atom is 0.107 e. The van der Waals surface area contributed by atoms with E-state index in [-0.39, 0.29) is 5.60 Å². The molecule has 3 fully saturated rings. The predicted octanol–water partition coefficient (Wildman–Crippen LogP) is 2.62. The first-order valence-corrected chi connectivity index (χ1v) is 12.6. The number of rotatable bonds is 5. The molecule has 4 aliphatic rings. The molecule has 32 heavy (non-hydrogen) atoms. The molecular formula is C27H36N4O. The molecule has 2 aromatic rings. The Morgan fingerprint density at radius 2 is 1.84 bits per heavy atom. The summed E-state index contributed by atoms with van der Waals surface area (Å²) in [7, 11) is 0. The minimum atomic E-state index is -0.194. The molecule has 0 amide bonds. The van der Waals surface area contributed by atoms with Crippen LogP contribution in [0.3, 0.4) is 0 Å². The molecule has 0 saturated carbocycles. The molecule has 3 aliphatic heterocycles. The standard InChI is InChI=1S/C27H36N4O/c1-20-29-25-9-5-6-10-26(25)31(20)24-17-22-11-12-23(18-24)30(22)15-13-27(19-28-14-16-32-27)21-7-3-2-4-8-21/h2-4,7-10,22-24,28H,5-6,11-19H2,1H3/t22-,23+,24?,27?. The summed E-state index contributed by atoms with van der Waals surface area (Å²) in [5.74, 6) is 1.20. The predicted molar refractivity (Wildman–Crippen MR) is 128 cm³/mol. The monoisotopic (exact) mass is 432 g/mol. The van der Waals surface area contributed by atoms with E-state index in [9.17, 15) is 0 Å². The molecule has 0 spiro atoms. The van der Waals surface area contributed by atoms with Gasteiger partial charge in [-0.15, -0.1) is 0 Å². The van der Waals surface area contributed by atoms with Gasteiger partial charge in [0, 0.05) is 37.8 Å². The molecule has 4 atom stereocenters. The molecule has 2 unspecified atom stereocenters. The van der Waals surface area contributed by atoms with Gasteiger partial charge in [-0.3, -0.25) is 4.90 Å². The number of ether oxygens (including phenoxy) is 1. The summed E-state index contributed by atoms with van der Waals surface area (Å²) in [6.07, 6.45) is 13.3. The van der Waals surface area contributed by atoms with Crippen molar-refractivity contribution in [3.05, 3.63) is 52.4 Å². The van der Waals surface area contributed by atoms with Crippen LogP contribution in [0.25, 0.3) is 12.2 Å². The smallest absolute Gasteiger partial charge is 0.107 e. The molecule has 5 heteroatoms.